The van der Waals surface area contributed by atoms with Gasteiger partial charge in [-0.25, -0.2) is 9.08 Å². The van der Waals surface area contributed by atoms with Crippen LogP contribution < -0.4 is 10.5 Å². The second-order valence-corrected chi connectivity index (χ2v) is 8.02. The molecule has 0 radical (unpaired) electrons. The Kier molecular flexibility index (Phi) is 5.01. The lowest BCUT2D eigenvalue weighted by atomic mass is 10.2. The molecule has 0 unspecified atom stereocenters. The van der Waals surface area contributed by atoms with Crippen molar-refractivity contribution >= 4 is 46.5 Å². The van der Waals surface area contributed by atoms with Gasteiger partial charge in [-0.3, -0.25) is 4.79 Å². The summed E-state index contributed by atoms with van der Waals surface area (Å²) in [7, 11) is 0. The van der Waals surface area contributed by atoms with Crippen molar-refractivity contribution in [1.29, 1.82) is 0 Å². The molecule has 0 bridgehead atoms. The van der Waals surface area contributed by atoms with Gasteiger partial charge < -0.3 is 4.90 Å². The minimum Gasteiger partial charge on any atom is -0.341 e. The van der Waals surface area contributed by atoms with Gasteiger partial charge >= 0.3 is 0 Å². The zero-order valence-electron chi connectivity index (χ0n) is 16.5. The van der Waals surface area contributed by atoms with Crippen LogP contribution in [0.25, 0.3) is 29.0 Å². The maximum absolute atomic E-state index is 12.8. The van der Waals surface area contributed by atoms with Gasteiger partial charge in [-0.2, -0.15) is 4.98 Å². The molecule has 1 aliphatic rings. The van der Waals surface area contributed by atoms with E-state index in [0.717, 1.165) is 43.0 Å². The fourth-order valence-electron chi connectivity index (χ4n) is 4.02. The molecular formula is C23H22ClN5O. The largest absolute Gasteiger partial charge is 0.341 e. The number of halogens is 1. The van der Waals surface area contributed by atoms with E-state index in [0.29, 0.717) is 16.2 Å². The second kappa shape index (κ2) is 7.95. The van der Waals surface area contributed by atoms with Gasteiger partial charge in [0.05, 0.1) is 10.9 Å². The molecular weight excluding hydrogens is 398 g/mol. The summed E-state index contributed by atoms with van der Waals surface area (Å²) in [5.41, 5.74) is 1.52. The molecule has 5 rings (SSSR count). The van der Waals surface area contributed by atoms with E-state index >= 15 is 0 Å². The van der Waals surface area contributed by atoms with Crippen molar-refractivity contribution in [3.8, 4) is 0 Å². The fraction of sp³-hybridized carbons (Fsp3) is 0.261. The Hall–Kier alpha value is -3.12. The second-order valence-electron chi connectivity index (χ2n) is 7.59. The van der Waals surface area contributed by atoms with E-state index in [1.807, 2.05) is 53.1 Å². The SMILES string of the molecule is O=c1nc2n(/C=C/c3ccccc3)nc(N3CCCCCC3)n2c2ccc(Cl)cc12. The standard InChI is InChI=1S/C23H22ClN5O/c24-18-10-11-20-19(16-18)21(30)25-22-28(15-12-17-8-4-3-5-9-17)26-23(29(20)22)27-13-6-1-2-7-14-27/h3-5,8-12,15-16H,1-2,6-7,13-14H2/b15-12+. The summed E-state index contributed by atoms with van der Waals surface area (Å²) in [6.07, 6.45) is 8.55. The molecule has 1 aliphatic heterocycles. The Morgan fingerprint density at radius 2 is 1.73 bits per heavy atom. The molecule has 4 aromatic rings. The summed E-state index contributed by atoms with van der Waals surface area (Å²) in [5.74, 6) is 1.31. The Balaban J connectivity index is 1.74. The summed E-state index contributed by atoms with van der Waals surface area (Å²) in [6, 6.07) is 15.4. The van der Waals surface area contributed by atoms with Crippen LogP contribution in [0, 0.1) is 0 Å². The minimum absolute atomic E-state index is 0.302. The molecule has 0 aliphatic carbocycles. The van der Waals surface area contributed by atoms with Crippen molar-refractivity contribution in [3.05, 3.63) is 69.5 Å². The van der Waals surface area contributed by atoms with Gasteiger partial charge in [-0.1, -0.05) is 54.8 Å². The maximum Gasteiger partial charge on any atom is 0.282 e. The van der Waals surface area contributed by atoms with E-state index in [9.17, 15) is 4.79 Å². The monoisotopic (exact) mass is 419 g/mol. The number of benzene rings is 2. The van der Waals surface area contributed by atoms with Gasteiger partial charge in [0, 0.05) is 24.3 Å². The highest BCUT2D eigenvalue weighted by molar-refractivity contribution is 6.31. The summed E-state index contributed by atoms with van der Waals surface area (Å²) < 4.78 is 3.68. The van der Waals surface area contributed by atoms with E-state index in [-0.39, 0.29) is 5.56 Å². The first-order valence-electron chi connectivity index (χ1n) is 10.3. The molecule has 2 aromatic heterocycles. The lowest BCUT2D eigenvalue weighted by molar-refractivity contribution is 0.726. The van der Waals surface area contributed by atoms with Gasteiger partial charge in [-0.15, -0.1) is 5.10 Å². The van der Waals surface area contributed by atoms with Crippen LogP contribution in [0.15, 0.2) is 53.3 Å². The van der Waals surface area contributed by atoms with E-state index < -0.39 is 0 Å². The highest BCUT2D eigenvalue weighted by atomic mass is 35.5. The third kappa shape index (κ3) is 3.48. The normalized spacial score (nSPS) is 15.3. The molecule has 0 N–H and O–H groups in total. The van der Waals surface area contributed by atoms with Crippen LogP contribution in [-0.4, -0.2) is 32.3 Å². The molecule has 2 aromatic carbocycles. The van der Waals surface area contributed by atoms with Crippen molar-refractivity contribution in [3.63, 3.8) is 0 Å². The van der Waals surface area contributed by atoms with Gasteiger partial charge in [0.1, 0.15) is 0 Å². The van der Waals surface area contributed by atoms with Crippen molar-refractivity contribution in [2.75, 3.05) is 18.0 Å². The predicted molar refractivity (Wildman–Crippen MR) is 122 cm³/mol. The topological polar surface area (TPSA) is 55.4 Å². The van der Waals surface area contributed by atoms with Gasteiger partial charge in [0.15, 0.2) is 0 Å². The number of hydrogen-bond donors (Lipinski definition) is 0. The van der Waals surface area contributed by atoms with E-state index in [4.69, 9.17) is 16.7 Å². The number of rotatable bonds is 3. The molecule has 1 fully saturated rings. The Labute approximate surface area is 179 Å². The number of fused-ring (bicyclic) bond motifs is 3. The van der Waals surface area contributed by atoms with Crippen molar-refractivity contribution in [2.24, 2.45) is 0 Å². The number of aromatic nitrogens is 4. The van der Waals surface area contributed by atoms with Crippen LogP contribution >= 0.6 is 11.6 Å². The van der Waals surface area contributed by atoms with Crippen molar-refractivity contribution in [2.45, 2.75) is 25.7 Å². The van der Waals surface area contributed by atoms with Crippen LogP contribution in [0.2, 0.25) is 5.02 Å². The van der Waals surface area contributed by atoms with Gasteiger partial charge in [0.2, 0.25) is 11.7 Å². The van der Waals surface area contributed by atoms with Gasteiger partial charge in [0.25, 0.3) is 5.56 Å². The number of nitrogens with zero attached hydrogens (tertiary/aromatic N) is 5. The van der Waals surface area contributed by atoms with E-state index in [1.54, 1.807) is 16.8 Å². The number of hydrogen-bond acceptors (Lipinski definition) is 4. The molecule has 3 heterocycles. The summed E-state index contributed by atoms with van der Waals surface area (Å²) >= 11 is 6.16. The average Bonchev–Trinajstić information content (AvgIpc) is 2.93. The smallest absolute Gasteiger partial charge is 0.282 e. The van der Waals surface area contributed by atoms with Crippen LogP contribution in [0.1, 0.15) is 31.2 Å². The predicted octanol–water partition coefficient (Wildman–Crippen LogP) is 4.71. The summed E-state index contributed by atoms with van der Waals surface area (Å²) in [4.78, 5) is 19.4. The zero-order chi connectivity index (χ0) is 20.5. The van der Waals surface area contributed by atoms with Crippen molar-refractivity contribution < 1.29 is 0 Å². The van der Waals surface area contributed by atoms with Gasteiger partial charge in [-0.05, 0) is 42.7 Å². The highest BCUT2D eigenvalue weighted by Gasteiger charge is 2.21. The molecule has 0 saturated carbocycles. The summed E-state index contributed by atoms with van der Waals surface area (Å²) in [5, 5.41) is 5.89. The van der Waals surface area contributed by atoms with E-state index in [1.165, 1.54) is 12.8 Å². The minimum atomic E-state index is -0.302. The molecule has 0 atom stereocenters. The fourth-order valence-corrected chi connectivity index (χ4v) is 4.19. The quantitative estimate of drug-likeness (QED) is 0.482. The summed E-state index contributed by atoms with van der Waals surface area (Å²) in [6.45, 7) is 1.88. The average molecular weight is 420 g/mol. The highest BCUT2D eigenvalue weighted by Crippen LogP contribution is 2.25. The first-order valence-corrected chi connectivity index (χ1v) is 10.7. The van der Waals surface area contributed by atoms with Crippen LogP contribution in [0.4, 0.5) is 5.95 Å². The first-order chi connectivity index (χ1) is 14.7. The molecule has 0 spiro atoms. The van der Waals surface area contributed by atoms with Crippen LogP contribution in [0.5, 0.6) is 0 Å². The zero-order valence-corrected chi connectivity index (χ0v) is 17.3. The molecule has 1 saturated heterocycles. The van der Waals surface area contributed by atoms with Crippen LogP contribution in [0.3, 0.4) is 0 Å². The third-order valence-electron chi connectivity index (χ3n) is 5.53. The Morgan fingerprint density at radius 1 is 0.967 bits per heavy atom. The number of anilines is 1. The first kappa shape index (κ1) is 18.9. The third-order valence-corrected chi connectivity index (χ3v) is 5.77. The molecule has 30 heavy (non-hydrogen) atoms. The van der Waals surface area contributed by atoms with Crippen LogP contribution in [-0.2, 0) is 0 Å². The van der Waals surface area contributed by atoms with E-state index in [2.05, 4.69) is 9.88 Å². The Morgan fingerprint density at radius 3 is 2.50 bits per heavy atom. The lowest BCUT2D eigenvalue weighted by Crippen LogP contribution is -2.26. The molecule has 152 valence electrons. The van der Waals surface area contributed by atoms with Crippen molar-refractivity contribution in [1.82, 2.24) is 19.2 Å². The molecule has 0 amide bonds. The maximum atomic E-state index is 12.8. The molecule has 7 heteroatoms. The molecule has 6 nitrogen and oxygen atoms in total. The Bertz CT molecular complexity index is 1280. The lowest BCUT2D eigenvalue weighted by Gasteiger charge is -2.20.